The van der Waals surface area contributed by atoms with E-state index < -0.39 is 0 Å². The highest BCUT2D eigenvalue weighted by atomic mass is 35.5. The van der Waals surface area contributed by atoms with E-state index in [4.69, 9.17) is 16.3 Å². The van der Waals surface area contributed by atoms with Crippen LogP contribution in [0, 0.1) is 5.92 Å². The average Bonchev–Trinajstić information content (AvgIpc) is 2.18. The molecular weight excluding hydrogens is 226 g/mol. The minimum Gasteiger partial charge on any atom is -0.467 e. The second-order valence-electron chi connectivity index (χ2n) is 4.18. The van der Waals surface area contributed by atoms with Crippen LogP contribution in [0.5, 0.6) is 6.01 Å². The highest BCUT2D eigenvalue weighted by Crippen LogP contribution is 2.32. The molecule has 1 fully saturated rings. The van der Waals surface area contributed by atoms with E-state index in [1.54, 1.807) is 13.3 Å². The van der Waals surface area contributed by atoms with Gasteiger partial charge in [0, 0.05) is 6.04 Å². The quantitative estimate of drug-likeness (QED) is 0.881. The lowest BCUT2D eigenvalue weighted by atomic mass is 9.80. The molecule has 88 valence electrons. The standard InChI is InChI=1S/C11H16ClN3O/c1-7(8-4-3-5-8)14-10-9(12)6-13-11(15-10)16-2/h6-8H,3-5H2,1-2H3,(H,13,14,15). The van der Waals surface area contributed by atoms with E-state index in [2.05, 4.69) is 22.2 Å². The fraction of sp³-hybridized carbons (Fsp3) is 0.636. The van der Waals surface area contributed by atoms with Gasteiger partial charge in [0.2, 0.25) is 0 Å². The van der Waals surface area contributed by atoms with Crippen molar-refractivity contribution in [1.82, 2.24) is 9.97 Å². The van der Waals surface area contributed by atoms with Gasteiger partial charge in [0.15, 0.2) is 5.82 Å². The molecule has 0 amide bonds. The topological polar surface area (TPSA) is 47.0 Å². The molecule has 1 heterocycles. The Balaban J connectivity index is 2.06. The van der Waals surface area contributed by atoms with E-state index in [9.17, 15) is 0 Å². The molecular formula is C11H16ClN3O. The van der Waals surface area contributed by atoms with Crippen LogP contribution in [-0.2, 0) is 0 Å². The Kier molecular flexibility index (Phi) is 3.49. The molecule has 1 N–H and O–H groups in total. The Morgan fingerprint density at radius 1 is 1.56 bits per heavy atom. The van der Waals surface area contributed by atoms with Gasteiger partial charge in [0.25, 0.3) is 0 Å². The second-order valence-corrected chi connectivity index (χ2v) is 4.58. The number of hydrogen-bond acceptors (Lipinski definition) is 4. The first kappa shape index (κ1) is 11.5. The first-order chi connectivity index (χ1) is 7.70. The number of nitrogens with zero attached hydrogens (tertiary/aromatic N) is 2. The lowest BCUT2D eigenvalue weighted by molar-refractivity contribution is 0.284. The molecule has 0 spiro atoms. The van der Waals surface area contributed by atoms with Gasteiger partial charge in [-0.2, -0.15) is 4.98 Å². The van der Waals surface area contributed by atoms with Crippen molar-refractivity contribution in [2.45, 2.75) is 32.2 Å². The summed E-state index contributed by atoms with van der Waals surface area (Å²) in [7, 11) is 1.54. The number of aromatic nitrogens is 2. The molecule has 1 saturated carbocycles. The van der Waals surface area contributed by atoms with Crippen molar-refractivity contribution >= 4 is 17.4 Å². The van der Waals surface area contributed by atoms with Crippen LogP contribution in [0.15, 0.2) is 6.20 Å². The summed E-state index contributed by atoms with van der Waals surface area (Å²) in [4.78, 5) is 8.13. The predicted molar refractivity (Wildman–Crippen MR) is 64.0 cm³/mol. The number of ether oxygens (including phenoxy) is 1. The van der Waals surface area contributed by atoms with E-state index in [0.717, 1.165) is 5.92 Å². The SMILES string of the molecule is COc1ncc(Cl)c(NC(C)C2CCC2)n1. The van der Waals surface area contributed by atoms with Gasteiger partial charge in [0.05, 0.1) is 13.3 Å². The zero-order chi connectivity index (χ0) is 11.5. The fourth-order valence-electron chi connectivity index (χ4n) is 1.82. The van der Waals surface area contributed by atoms with E-state index in [-0.39, 0.29) is 0 Å². The van der Waals surface area contributed by atoms with E-state index in [1.165, 1.54) is 19.3 Å². The Hall–Kier alpha value is -1.03. The average molecular weight is 242 g/mol. The molecule has 16 heavy (non-hydrogen) atoms. The maximum atomic E-state index is 6.02. The first-order valence-corrected chi connectivity index (χ1v) is 5.91. The van der Waals surface area contributed by atoms with Crippen LogP contribution in [-0.4, -0.2) is 23.1 Å². The summed E-state index contributed by atoms with van der Waals surface area (Å²) in [6, 6.07) is 0.735. The molecule has 1 atom stereocenters. The fourth-order valence-corrected chi connectivity index (χ4v) is 1.97. The van der Waals surface area contributed by atoms with Crippen molar-refractivity contribution in [3.8, 4) is 6.01 Å². The summed E-state index contributed by atoms with van der Waals surface area (Å²) in [5, 5.41) is 3.86. The largest absolute Gasteiger partial charge is 0.467 e. The molecule has 0 aromatic carbocycles. The van der Waals surface area contributed by atoms with Crippen LogP contribution >= 0.6 is 11.6 Å². The number of halogens is 1. The van der Waals surface area contributed by atoms with Crippen LogP contribution in [0.25, 0.3) is 0 Å². The summed E-state index contributed by atoms with van der Waals surface area (Å²) in [6.07, 6.45) is 5.46. The van der Waals surface area contributed by atoms with E-state index >= 15 is 0 Å². The molecule has 1 aromatic heterocycles. The van der Waals surface area contributed by atoms with Crippen molar-refractivity contribution in [2.75, 3.05) is 12.4 Å². The molecule has 2 rings (SSSR count). The van der Waals surface area contributed by atoms with Crippen LogP contribution < -0.4 is 10.1 Å². The maximum absolute atomic E-state index is 6.02. The Morgan fingerprint density at radius 3 is 2.88 bits per heavy atom. The van der Waals surface area contributed by atoms with Gasteiger partial charge in [0.1, 0.15) is 5.02 Å². The van der Waals surface area contributed by atoms with Gasteiger partial charge in [-0.1, -0.05) is 18.0 Å². The highest BCUT2D eigenvalue weighted by molar-refractivity contribution is 6.32. The van der Waals surface area contributed by atoms with Crippen LogP contribution in [0.1, 0.15) is 26.2 Å². The number of nitrogens with one attached hydrogen (secondary N) is 1. The van der Waals surface area contributed by atoms with Crippen LogP contribution in [0.4, 0.5) is 5.82 Å². The van der Waals surface area contributed by atoms with Crippen molar-refractivity contribution < 1.29 is 4.74 Å². The molecule has 1 aromatic rings. The summed E-state index contributed by atoms with van der Waals surface area (Å²) in [5.41, 5.74) is 0. The summed E-state index contributed by atoms with van der Waals surface area (Å²) >= 11 is 6.02. The predicted octanol–water partition coefficient (Wildman–Crippen LogP) is 2.74. The first-order valence-electron chi connectivity index (χ1n) is 5.53. The van der Waals surface area contributed by atoms with Gasteiger partial charge in [-0.15, -0.1) is 0 Å². The zero-order valence-corrected chi connectivity index (χ0v) is 10.3. The highest BCUT2D eigenvalue weighted by Gasteiger charge is 2.24. The number of methoxy groups -OCH3 is 1. The third kappa shape index (κ3) is 2.38. The number of anilines is 1. The van der Waals surface area contributed by atoms with Gasteiger partial charge in [-0.3, -0.25) is 0 Å². The van der Waals surface area contributed by atoms with Crippen molar-refractivity contribution in [3.05, 3.63) is 11.2 Å². The van der Waals surface area contributed by atoms with Crippen LogP contribution in [0.3, 0.4) is 0 Å². The lowest BCUT2D eigenvalue weighted by Crippen LogP contribution is -2.31. The minimum absolute atomic E-state index is 0.340. The van der Waals surface area contributed by atoms with Crippen molar-refractivity contribution in [2.24, 2.45) is 5.92 Å². The van der Waals surface area contributed by atoms with Crippen LogP contribution in [0.2, 0.25) is 5.02 Å². The summed E-state index contributed by atoms with van der Waals surface area (Å²) in [6.45, 7) is 2.16. The Labute approximate surface area is 100 Å². The Morgan fingerprint density at radius 2 is 2.31 bits per heavy atom. The molecule has 0 aliphatic heterocycles. The Bertz CT molecular complexity index is 368. The number of rotatable bonds is 4. The monoisotopic (exact) mass is 241 g/mol. The molecule has 4 nitrogen and oxygen atoms in total. The molecule has 1 aliphatic rings. The summed E-state index contributed by atoms with van der Waals surface area (Å²) < 4.78 is 4.97. The van der Waals surface area contributed by atoms with Crippen molar-refractivity contribution in [1.29, 1.82) is 0 Å². The van der Waals surface area contributed by atoms with Gasteiger partial charge in [-0.25, -0.2) is 4.98 Å². The van der Waals surface area contributed by atoms with Gasteiger partial charge in [-0.05, 0) is 25.7 Å². The smallest absolute Gasteiger partial charge is 0.318 e. The lowest BCUT2D eigenvalue weighted by Gasteiger charge is -2.32. The van der Waals surface area contributed by atoms with Crippen molar-refractivity contribution in [3.63, 3.8) is 0 Å². The molecule has 0 saturated heterocycles. The molecule has 1 unspecified atom stereocenters. The van der Waals surface area contributed by atoms with Gasteiger partial charge >= 0.3 is 6.01 Å². The normalized spacial score (nSPS) is 17.7. The maximum Gasteiger partial charge on any atom is 0.318 e. The third-order valence-corrected chi connectivity index (χ3v) is 3.40. The van der Waals surface area contributed by atoms with E-state index in [1.807, 2.05) is 0 Å². The molecule has 0 radical (unpaired) electrons. The second kappa shape index (κ2) is 4.87. The van der Waals surface area contributed by atoms with E-state index in [0.29, 0.717) is 22.9 Å². The third-order valence-electron chi connectivity index (χ3n) is 3.13. The molecule has 1 aliphatic carbocycles. The molecule has 0 bridgehead atoms. The zero-order valence-electron chi connectivity index (χ0n) is 9.53. The number of hydrogen-bond donors (Lipinski definition) is 1. The van der Waals surface area contributed by atoms with Gasteiger partial charge < -0.3 is 10.1 Å². The molecule has 5 heteroatoms. The minimum atomic E-state index is 0.340. The summed E-state index contributed by atoms with van der Waals surface area (Å²) in [5.74, 6) is 1.39.